The fourth-order valence-corrected chi connectivity index (χ4v) is 8.60. The van der Waals surface area contributed by atoms with E-state index in [-0.39, 0.29) is 47.9 Å². The SMILES string of the molecule is C=CSc1c[c-]c(-c2nccc3c2sc2cc4c(C)csc4cc23)cc1C(C)(C)C.CCC(C)(CC)C(=O)/C=C(\O)C(C)(CC)CC.[Ir]. The molecule has 1 N–H and O–H groups in total. The predicted octanol–water partition coefficient (Wildman–Crippen LogP) is 13.6. The topological polar surface area (TPSA) is 50.2 Å². The number of allylic oxidation sites excluding steroid dienone is 2. The second-order valence-corrected chi connectivity index (χ2v) is 17.0. The smallest absolute Gasteiger partial charge is 0.164 e. The van der Waals surface area contributed by atoms with E-state index in [4.69, 9.17) is 4.98 Å². The standard InChI is InChI=1S/C26H22NS3.C15H28O2.Ir/c1-6-28-21-8-7-16(11-20(21)26(3,4)5)24-25-17(9-10-27-24)19-13-22-18(12-23(19)30-25)15(2)14-29-22;1-7-14(5,8-2)12(16)11-13(17)15(6,9-3)10-4;/h6,8-14H,1H2,2-5H3;11,16H,7-10H2,1-6H3;/q-1;;/b;12-11-;. The third-order valence-corrected chi connectivity index (χ3v) is 13.1. The van der Waals surface area contributed by atoms with Crippen molar-refractivity contribution in [3.05, 3.63) is 82.9 Å². The van der Waals surface area contributed by atoms with Crippen LogP contribution in [0.2, 0.25) is 0 Å². The number of aryl methyl sites for hydroxylation is 1. The van der Waals surface area contributed by atoms with Gasteiger partial charge in [-0.05, 0) is 83.3 Å². The normalized spacial score (nSPS) is 12.6. The molecule has 0 saturated heterocycles. The number of aliphatic hydroxyl groups is 1. The molecule has 48 heavy (non-hydrogen) atoms. The average molecular weight is 877 g/mol. The maximum atomic E-state index is 12.2. The zero-order chi connectivity index (χ0) is 34.7. The summed E-state index contributed by atoms with van der Waals surface area (Å²) >= 11 is 5.32. The average Bonchev–Trinajstić information content (AvgIpc) is 3.62. The Morgan fingerprint density at radius 2 is 1.58 bits per heavy atom. The maximum absolute atomic E-state index is 12.2. The summed E-state index contributed by atoms with van der Waals surface area (Å²) in [5.74, 6) is 0.286. The number of thiophene rings is 2. The molecule has 0 spiro atoms. The van der Waals surface area contributed by atoms with Crippen molar-refractivity contribution in [2.75, 3.05) is 0 Å². The number of ketones is 1. The van der Waals surface area contributed by atoms with E-state index in [0.717, 1.165) is 36.9 Å². The number of thioether (sulfide) groups is 1. The van der Waals surface area contributed by atoms with E-state index in [9.17, 15) is 9.90 Å². The van der Waals surface area contributed by atoms with Gasteiger partial charge in [-0.1, -0.05) is 73.8 Å². The number of hydrogen-bond donors (Lipinski definition) is 1. The number of carbonyl (C=O) groups is 1. The molecule has 0 fully saturated rings. The molecular formula is C41H50IrNO2S3-. The number of benzene rings is 2. The Bertz CT molecular complexity index is 1930. The van der Waals surface area contributed by atoms with Gasteiger partial charge in [0.25, 0.3) is 0 Å². The van der Waals surface area contributed by atoms with Crippen LogP contribution < -0.4 is 0 Å². The van der Waals surface area contributed by atoms with Crippen molar-refractivity contribution in [2.45, 2.75) is 105 Å². The Hall–Kier alpha value is -2.28. The van der Waals surface area contributed by atoms with E-state index >= 15 is 0 Å². The number of fused-ring (bicyclic) bond motifs is 4. The van der Waals surface area contributed by atoms with Crippen LogP contribution in [-0.4, -0.2) is 15.9 Å². The molecule has 0 aliphatic carbocycles. The third kappa shape index (κ3) is 8.19. The predicted molar refractivity (Wildman–Crippen MR) is 209 cm³/mol. The number of aromatic nitrogens is 1. The molecule has 259 valence electrons. The van der Waals surface area contributed by atoms with Crippen molar-refractivity contribution in [3.63, 3.8) is 0 Å². The molecule has 2 aromatic carbocycles. The zero-order valence-corrected chi connectivity index (χ0v) is 34.9. The van der Waals surface area contributed by atoms with E-state index in [1.54, 1.807) is 11.8 Å². The van der Waals surface area contributed by atoms with Crippen molar-refractivity contribution in [2.24, 2.45) is 10.8 Å². The first-order valence-corrected chi connectivity index (χ1v) is 19.2. The van der Waals surface area contributed by atoms with Gasteiger partial charge in [-0.2, -0.15) is 11.8 Å². The van der Waals surface area contributed by atoms with Crippen LogP contribution in [-0.2, 0) is 30.3 Å². The van der Waals surface area contributed by atoms with Crippen molar-refractivity contribution in [1.29, 1.82) is 0 Å². The van der Waals surface area contributed by atoms with Crippen molar-refractivity contribution >= 4 is 70.5 Å². The van der Waals surface area contributed by atoms with Gasteiger partial charge in [0.2, 0.25) is 0 Å². The molecule has 7 heteroatoms. The van der Waals surface area contributed by atoms with Crippen molar-refractivity contribution in [3.8, 4) is 11.3 Å². The quantitative estimate of drug-likeness (QED) is 0.0657. The van der Waals surface area contributed by atoms with Crippen LogP contribution in [0.3, 0.4) is 0 Å². The van der Waals surface area contributed by atoms with Crippen LogP contribution >= 0.6 is 34.4 Å². The summed E-state index contributed by atoms with van der Waals surface area (Å²) < 4.78 is 3.91. The van der Waals surface area contributed by atoms with Gasteiger partial charge < -0.3 is 10.1 Å². The Labute approximate surface area is 313 Å². The molecule has 0 bridgehead atoms. The summed E-state index contributed by atoms with van der Waals surface area (Å²) in [6.45, 7) is 24.9. The van der Waals surface area contributed by atoms with Gasteiger partial charge in [0.15, 0.2) is 5.78 Å². The van der Waals surface area contributed by atoms with Gasteiger partial charge in [-0.25, -0.2) is 0 Å². The van der Waals surface area contributed by atoms with E-state index in [1.807, 2.05) is 75.8 Å². The fourth-order valence-electron chi connectivity index (χ4n) is 5.61. The van der Waals surface area contributed by atoms with Gasteiger partial charge in [-0.15, -0.1) is 52.0 Å². The van der Waals surface area contributed by atoms with E-state index in [1.165, 1.54) is 52.4 Å². The minimum atomic E-state index is -0.337. The minimum absolute atomic E-state index is 0. The molecule has 0 aliphatic rings. The molecule has 3 aromatic heterocycles. The second kappa shape index (κ2) is 16.2. The molecule has 0 amide bonds. The van der Waals surface area contributed by atoms with Crippen LogP contribution in [0.1, 0.15) is 99.1 Å². The molecule has 0 atom stereocenters. The number of rotatable bonds is 10. The summed E-state index contributed by atoms with van der Waals surface area (Å²) in [6, 6.07) is 14.7. The molecule has 3 nitrogen and oxygen atoms in total. The Kier molecular flexibility index (Phi) is 13.5. The van der Waals surface area contributed by atoms with E-state index in [2.05, 4.69) is 76.1 Å². The Morgan fingerprint density at radius 3 is 2.17 bits per heavy atom. The first-order chi connectivity index (χ1) is 22.2. The molecular weight excluding hydrogens is 827 g/mol. The van der Waals surface area contributed by atoms with Crippen LogP contribution in [0, 0.1) is 23.8 Å². The van der Waals surface area contributed by atoms with Crippen molar-refractivity contribution in [1.82, 2.24) is 4.98 Å². The largest absolute Gasteiger partial charge is 0.512 e. The number of aliphatic hydroxyl groups excluding tert-OH is 1. The first-order valence-electron chi connectivity index (χ1n) is 16.6. The zero-order valence-electron chi connectivity index (χ0n) is 30.1. The third-order valence-electron chi connectivity index (χ3n) is 10.1. The Balaban J connectivity index is 0.000000301. The van der Waals surface area contributed by atoms with Crippen LogP contribution in [0.5, 0.6) is 0 Å². The summed E-state index contributed by atoms with van der Waals surface area (Å²) in [5.41, 5.74) is 4.17. The maximum Gasteiger partial charge on any atom is 0.164 e. The number of nitrogens with zero attached hydrogens (tertiary/aromatic N) is 1. The van der Waals surface area contributed by atoms with Crippen LogP contribution in [0.25, 0.3) is 41.5 Å². The van der Waals surface area contributed by atoms with Gasteiger partial charge in [0.1, 0.15) is 5.76 Å². The van der Waals surface area contributed by atoms with Crippen LogP contribution in [0.15, 0.2) is 70.6 Å². The molecule has 5 aromatic rings. The summed E-state index contributed by atoms with van der Waals surface area (Å²) in [6.07, 6.45) is 6.69. The molecule has 0 aliphatic heterocycles. The first kappa shape index (κ1) is 40.2. The monoisotopic (exact) mass is 877 g/mol. The molecule has 5 rings (SSSR count). The number of hydrogen-bond acceptors (Lipinski definition) is 6. The molecule has 0 saturated carbocycles. The van der Waals surface area contributed by atoms with Gasteiger partial charge in [-0.3, -0.25) is 4.79 Å². The fraction of sp³-hybridized carbons (Fsp3) is 0.415. The summed E-state index contributed by atoms with van der Waals surface area (Å²) in [7, 11) is 0. The molecule has 1 radical (unpaired) electrons. The number of carbonyl (C=O) groups excluding carboxylic acids is 1. The molecule has 0 unspecified atom stereocenters. The van der Waals surface area contributed by atoms with E-state index < -0.39 is 0 Å². The second-order valence-electron chi connectivity index (χ2n) is 14.0. The van der Waals surface area contributed by atoms with Crippen LogP contribution in [0.4, 0.5) is 0 Å². The van der Waals surface area contributed by atoms with Gasteiger partial charge >= 0.3 is 0 Å². The van der Waals surface area contributed by atoms with Gasteiger partial charge in [0, 0.05) is 68.4 Å². The Morgan fingerprint density at radius 1 is 0.958 bits per heavy atom. The van der Waals surface area contributed by atoms with E-state index in [0.29, 0.717) is 0 Å². The van der Waals surface area contributed by atoms with Gasteiger partial charge in [0.05, 0.1) is 0 Å². The minimum Gasteiger partial charge on any atom is -0.512 e. The molecule has 3 heterocycles. The summed E-state index contributed by atoms with van der Waals surface area (Å²) in [5, 5.41) is 18.2. The van der Waals surface area contributed by atoms with Crippen molar-refractivity contribution < 1.29 is 30.0 Å². The summed E-state index contributed by atoms with van der Waals surface area (Å²) in [4.78, 5) is 18.2. The number of pyridine rings is 1.